The average Bonchev–Trinajstić information content (AvgIpc) is 3.63. The number of piperidine rings is 2. The summed E-state index contributed by atoms with van der Waals surface area (Å²) in [7, 11) is 3.61. The van der Waals surface area contributed by atoms with Crippen LogP contribution in [0.4, 0.5) is 29.3 Å². The van der Waals surface area contributed by atoms with Crippen molar-refractivity contribution >= 4 is 52.2 Å². The lowest BCUT2D eigenvalue weighted by atomic mass is 9.91. The fourth-order valence-electron chi connectivity index (χ4n) is 9.10. The minimum absolute atomic E-state index is 0.0239. The standard InChI is InChI=1S/C36H47ClF3N7O3S/c1-41-33-29(36(38,39)40)14-22(15-30(33)37)13-23(34(49)46-11-9-44(10-12-46)28-17-26-3-4-27(18-28)43(26)2)16-32(48)45-7-5-25(6-8-45)47-19-24-20-51-21-31(24)42-35(47)50/h14-15,20-21,23,25-28,41H,3-13,16-19H2,1-2H3,(H,42,50)/t23-,26?,27?,28?/m0/s1. The summed E-state index contributed by atoms with van der Waals surface area (Å²) in [6, 6.07) is 4.07. The van der Waals surface area contributed by atoms with Crippen molar-refractivity contribution in [3.63, 3.8) is 0 Å². The smallest absolute Gasteiger partial charge is 0.386 e. The topological polar surface area (TPSA) is 91.5 Å². The van der Waals surface area contributed by atoms with Crippen LogP contribution in [0.1, 0.15) is 61.6 Å². The third-order valence-corrected chi connectivity index (χ3v) is 13.1. The van der Waals surface area contributed by atoms with Crippen LogP contribution in [0, 0.1) is 5.92 Å². The zero-order valence-electron chi connectivity index (χ0n) is 29.2. The molecule has 51 heavy (non-hydrogen) atoms. The summed E-state index contributed by atoms with van der Waals surface area (Å²) in [5, 5.41) is 9.38. The predicted molar refractivity (Wildman–Crippen MR) is 192 cm³/mol. The number of hydrogen-bond acceptors (Lipinski definition) is 7. The first kappa shape index (κ1) is 36.3. The average molecular weight is 750 g/mol. The quantitative estimate of drug-likeness (QED) is 0.354. The molecular formula is C36H47ClF3N7O3S. The van der Waals surface area contributed by atoms with Crippen LogP contribution < -0.4 is 10.6 Å². The minimum Gasteiger partial charge on any atom is -0.386 e. The molecule has 5 aliphatic rings. The van der Waals surface area contributed by atoms with Gasteiger partial charge < -0.3 is 30.2 Å². The molecule has 4 amide bonds. The van der Waals surface area contributed by atoms with Crippen LogP contribution in [0.2, 0.25) is 5.02 Å². The van der Waals surface area contributed by atoms with Crippen LogP contribution in [0.25, 0.3) is 0 Å². The molecule has 1 aromatic carbocycles. The Hall–Kier alpha value is -3.07. The number of likely N-dealkylation sites (tertiary alicyclic amines) is 1. The van der Waals surface area contributed by atoms with Crippen molar-refractivity contribution in [3.05, 3.63) is 44.6 Å². The number of carbonyl (C=O) groups is 3. The Bertz CT molecular complexity index is 1610. The molecule has 2 N–H and O–H groups in total. The van der Waals surface area contributed by atoms with Gasteiger partial charge in [0.1, 0.15) is 0 Å². The van der Waals surface area contributed by atoms with Crippen LogP contribution in [0.15, 0.2) is 22.9 Å². The van der Waals surface area contributed by atoms with Gasteiger partial charge in [0.15, 0.2) is 0 Å². The van der Waals surface area contributed by atoms with Gasteiger partial charge in [-0.3, -0.25) is 14.5 Å². The van der Waals surface area contributed by atoms with Crippen molar-refractivity contribution in [2.45, 2.75) is 88.3 Å². The molecule has 10 nitrogen and oxygen atoms in total. The Morgan fingerprint density at radius 1 is 0.961 bits per heavy atom. The number of urea groups is 1. The lowest BCUT2D eigenvalue weighted by molar-refractivity contribution is -0.143. The lowest BCUT2D eigenvalue weighted by Crippen LogP contribution is -2.56. The van der Waals surface area contributed by atoms with E-state index >= 15 is 0 Å². The maximum atomic E-state index is 14.2. The minimum atomic E-state index is -4.66. The van der Waals surface area contributed by atoms with Gasteiger partial charge in [-0.25, -0.2) is 4.79 Å². The first-order valence-corrected chi connectivity index (χ1v) is 19.4. The first-order valence-electron chi connectivity index (χ1n) is 18.1. The van der Waals surface area contributed by atoms with Gasteiger partial charge in [0.25, 0.3) is 0 Å². The molecular weight excluding hydrogens is 703 g/mol. The van der Waals surface area contributed by atoms with Gasteiger partial charge in [-0.1, -0.05) is 11.6 Å². The number of hydrogen-bond donors (Lipinski definition) is 2. The molecule has 1 aromatic heterocycles. The van der Waals surface area contributed by atoms with E-state index in [0.29, 0.717) is 63.7 Å². The monoisotopic (exact) mass is 749 g/mol. The SMILES string of the molecule is CNc1c(Cl)cc(C[C@@H](CC(=O)N2CCC(N3Cc4cscc4NC3=O)CC2)C(=O)N2CCN(C3CC4CCC(C3)N4C)CC2)cc1C(F)(F)F. The number of thiophene rings is 1. The Balaban J connectivity index is 1.03. The number of carbonyl (C=O) groups excluding carboxylic acids is 3. The van der Waals surface area contributed by atoms with Gasteiger partial charge in [0.2, 0.25) is 11.8 Å². The van der Waals surface area contributed by atoms with E-state index in [1.165, 1.54) is 26.0 Å². The second kappa shape index (κ2) is 14.7. The van der Waals surface area contributed by atoms with Crippen LogP contribution in [0.3, 0.4) is 0 Å². The van der Waals surface area contributed by atoms with Crippen LogP contribution in [0.5, 0.6) is 0 Å². The van der Waals surface area contributed by atoms with E-state index in [1.54, 1.807) is 21.1 Å². The molecule has 0 aliphatic carbocycles. The van der Waals surface area contributed by atoms with E-state index in [0.717, 1.165) is 43.2 Å². The van der Waals surface area contributed by atoms with E-state index in [1.807, 2.05) is 15.7 Å². The van der Waals surface area contributed by atoms with E-state index < -0.39 is 17.7 Å². The van der Waals surface area contributed by atoms with Crippen molar-refractivity contribution < 1.29 is 27.6 Å². The molecule has 2 bridgehead atoms. The summed E-state index contributed by atoms with van der Waals surface area (Å²) in [5.74, 6) is -1.26. The number of nitrogens with one attached hydrogen (secondary N) is 2. The number of piperazine rings is 1. The summed E-state index contributed by atoms with van der Waals surface area (Å²) >= 11 is 7.89. The van der Waals surface area contributed by atoms with E-state index in [9.17, 15) is 27.6 Å². The Morgan fingerprint density at radius 2 is 1.65 bits per heavy atom. The van der Waals surface area contributed by atoms with Gasteiger partial charge >= 0.3 is 12.2 Å². The molecule has 4 saturated heterocycles. The molecule has 2 aromatic rings. The van der Waals surface area contributed by atoms with Gasteiger partial charge in [-0.2, -0.15) is 13.2 Å². The molecule has 278 valence electrons. The molecule has 0 spiro atoms. The van der Waals surface area contributed by atoms with Crippen molar-refractivity contribution in [2.75, 3.05) is 64.0 Å². The number of halogens is 4. The number of rotatable bonds is 8. The van der Waals surface area contributed by atoms with Crippen molar-refractivity contribution in [1.82, 2.24) is 24.5 Å². The highest BCUT2D eigenvalue weighted by molar-refractivity contribution is 7.08. The van der Waals surface area contributed by atoms with E-state index in [4.69, 9.17) is 11.6 Å². The summed E-state index contributed by atoms with van der Waals surface area (Å²) in [6.07, 6.45) is 1.15. The molecule has 0 saturated carbocycles. The fraction of sp³-hybridized carbons (Fsp3) is 0.639. The Labute approximate surface area is 306 Å². The molecule has 3 atom stereocenters. The summed E-state index contributed by atoms with van der Waals surface area (Å²) in [4.78, 5) is 51.3. The second-order valence-electron chi connectivity index (χ2n) is 14.9. The zero-order valence-corrected chi connectivity index (χ0v) is 30.8. The predicted octanol–water partition coefficient (Wildman–Crippen LogP) is 5.82. The normalized spacial score (nSPS) is 25.5. The maximum Gasteiger partial charge on any atom is 0.418 e. The first-order chi connectivity index (χ1) is 24.4. The summed E-state index contributed by atoms with van der Waals surface area (Å²) in [5.41, 5.74) is 1.08. The fourth-order valence-corrected chi connectivity index (χ4v) is 10.2. The van der Waals surface area contributed by atoms with Gasteiger partial charge in [0, 0.05) is 87.8 Å². The molecule has 7 rings (SSSR count). The lowest BCUT2D eigenvalue weighted by Gasteiger charge is -2.45. The molecule has 6 heterocycles. The Kier molecular flexibility index (Phi) is 10.5. The third kappa shape index (κ3) is 7.56. The van der Waals surface area contributed by atoms with Crippen LogP contribution in [-0.2, 0) is 28.7 Å². The highest BCUT2D eigenvalue weighted by Gasteiger charge is 2.42. The van der Waals surface area contributed by atoms with Gasteiger partial charge in [-0.15, -0.1) is 11.3 Å². The molecule has 5 aliphatic heterocycles. The van der Waals surface area contributed by atoms with Gasteiger partial charge in [0.05, 0.1) is 34.4 Å². The summed E-state index contributed by atoms with van der Waals surface area (Å²) < 4.78 is 42.2. The van der Waals surface area contributed by atoms with Crippen molar-refractivity contribution in [3.8, 4) is 0 Å². The molecule has 4 fully saturated rings. The number of alkyl halides is 3. The summed E-state index contributed by atoms with van der Waals surface area (Å²) in [6.45, 7) is 3.92. The number of amides is 4. The molecule has 15 heteroatoms. The van der Waals surface area contributed by atoms with Crippen molar-refractivity contribution in [1.29, 1.82) is 0 Å². The number of fused-ring (bicyclic) bond motifs is 3. The highest BCUT2D eigenvalue weighted by Crippen LogP contribution is 2.41. The zero-order chi connectivity index (χ0) is 36.0. The maximum absolute atomic E-state index is 14.2. The largest absolute Gasteiger partial charge is 0.418 e. The molecule has 2 unspecified atom stereocenters. The van der Waals surface area contributed by atoms with Crippen molar-refractivity contribution in [2.24, 2.45) is 5.92 Å². The highest BCUT2D eigenvalue weighted by atomic mass is 35.5. The Morgan fingerprint density at radius 3 is 2.29 bits per heavy atom. The number of anilines is 2. The van der Waals surface area contributed by atoms with Crippen LogP contribution >= 0.6 is 22.9 Å². The van der Waals surface area contributed by atoms with E-state index in [-0.39, 0.29) is 53.0 Å². The number of nitrogens with zero attached hydrogens (tertiary/aromatic N) is 5. The van der Waals surface area contributed by atoms with E-state index in [2.05, 4.69) is 27.5 Å². The number of benzene rings is 1. The van der Waals surface area contributed by atoms with Crippen LogP contribution in [-0.4, -0.2) is 120 Å². The van der Waals surface area contributed by atoms with Gasteiger partial charge in [-0.05, 0) is 75.1 Å². The second-order valence-corrected chi connectivity index (χ2v) is 16.0. The third-order valence-electron chi connectivity index (χ3n) is 12.0. The molecule has 0 radical (unpaired) electrons.